The summed E-state index contributed by atoms with van der Waals surface area (Å²) < 4.78 is 48.2. The Morgan fingerprint density at radius 2 is 1.92 bits per heavy atom. The van der Waals surface area contributed by atoms with Crippen LogP contribution in [0.1, 0.15) is 57.9 Å². The number of allylic oxidation sites excluding steroid dienone is 3. The summed E-state index contributed by atoms with van der Waals surface area (Å²) in [5.74, 6) is 0.539. The van der Waals surface area contributed by atoms with Crippen LogP contribution in [0.3, 0.4) is 0 Å². The Morgan fingerprint density at radius 3 is 2.53 bits per heavy atom. The van der Waals surface area contributed by atoms with E-state index in [1.165, 1.54) is 17.7 Å². The van der Waals surface area contributed by atoms with Crippen molar-refractivity contribution in [3.8, 4) is 5.75 Å². The molecule has 0 amide bonds. The minimum atomic E-state index is -4.75. The second kappa shape index (κ2) is 14.2. The van der Waals surface area contributed by atoms with E-state index < -0.39 is 6.36 Å². The molecule has 1 aliphatic rings. The van der Waals surface area contributed by atoms with E-state index in [0.29, 0.717) is 17.2 Å². The highest BCUT2D eigenvalue weighted by atomic mass is 19.4. The number of rotatable bonds is 14. The van der Waals surface area contributed by atoms with Gasteiger partial charge in [-0.1, -0.05) is 51.3 Å². The van der Waals surface area contributed by atoms with Crippen LogP contribution < -0.4 is 10.1 Å². The van der Waals surface area contributed by atoms with Crippen LogP contribution in [0.25, 0.3) is 5.70 Å². The summed E-state index contributed by atoms with van der Waals surface area (Å²) in [5.41, 5.74) is 4.01. The van der Waals surface area contributed by atoms with E-state index in [-0.39, 0.29) is 11.7 Å². The Morgan fingerprint density at radius 1 is 1.22 bits per heavy atom. The van der Waals surface area contributed by atoms with Gasteiger partial charge in [-0.2, -0.15) is 0 Å². The number of nitrogens with zero attached hydrogens (tertiary/aromatic N) is 1. The Hall–Kier alpha value is -2.67. The minimum Gasteiger partial charge on any atom is -0.406 e. The molecule has 1 aliphatic heterocycles. The van der Waals surface area contributed by atoms with E-state index in [1.54, 1.807) is 12.1 Å². The minimum absolute atomic E-state index is 0.223. The van der Waals surface area contributed by atoms with Gasteiger partial charge in [-0.15, -0.1) is 13.2 Å². The first kappa shape index (κ1) is 29.6. The molecule has 0 unspecified atom stereocenters. The third kappa shape index (κ3) is 10.1. The summed E-state index contributed by atoms with van der Waals surface area (Å²) in [5, 5.41) is 3.31. The average Bonchev–Trinajstić information content (AvgIpc) is 2.83. The fourth-order valence-corrected chi connectivity index (χ4v) is 4.31. The van der Waals surface area contributed by atoms with Crippen molar-refractivity contribution in [2.45, 2.75) is 58.7 Å². The average molecular weight is 507 g/mol. The van der Waals surface area contributed by atoms with E-state index in [9.17, 15) is 13.2 Å². The zero-order valence-electron chi connectivity index (χ0n) is 21.9. The third-order valence-corrected chi connectivity index (χ3v) is 6.64. The van der Waals surface area contributed by atoms with Gasteiger partial charge in [0.25, 0.3) is 0 Å². The van der Waals surface area contributed by atoms with E-state index in [2.05, 4.69) is 48.5 Å². The molecular weight excluding hydrogens is 465 g/mol. The second-order valence-corrected chi connectivity index (χ2v) is 9.46. The van der Waals surface area contributed by atoms with Crippen molar-refractivity contribution in [1.29, 1.82) is 0 Å². The van der Waals surface area contributed by atoms with Crippen LogP contribution in [0, 0.1) is 11.8 Å². The highest BCUT2D eigenvalue weighted by molar-refractivity contribution is 5.67. The van der Waals surface area contributed by atoms with Crippen molar-refractivity contribution in [2.24, 2.45) is 11.8 Å². The second-order valence-electron chi connectivity index (χ2n) is 9.46. The molecule has 2 rings (SSSR count). The number of alkyl halides is 3. The maximum atomic E-state index is 12.8. The molecule has 0 aromatic heterocycles. The van der Waals surface area contributed by atoms with Gasteiger partial charge in [0.1, 0.15) is 5.75 Å². The van der Waals surface area contributed by atoms with Crippen LogP contribution >= 0.6 is 0 Å². The summed E-state index contributed by atoms with van der Waals surface area (Å²) in [6, 6.07) is 6.06. The maximum absolute atomic E-state index is 12.8. The molecule has 0 aliphatic carbocycles. The van der Waals surface area contributed by atoms with Crippen LogP contribution in [0.15, 0.2) is 67.0 Å². The van der Waals surface area contributed by atoms with Crippen molar-refractivity contribution < 1.29 is 22.6 Å². The molecule has 0 radical (unpaired) electrons. The Balaban J connectivity index is 2.24. The first-order valence-electron chi connectivity index (χ1n) is 12.7. The van der Waals surface area contributed by atoms with E-state index >= 15 is 0 Å². The molecule has 4 nitrogen and oxygen atoms in total. The van der Waals surface area contributed by atoms with Gasteiger partial charge >= 0.3 is 6.36 Å². The number of benzene rings is 1. The summed E-state index contributed by atoms with van der Waals surface area (Å²) in [6.45, 7) is 19.0. The summed E-state index contributed by atoms with van der Waals surface area (Å²) in [7, 11) is 1.95. The summed E-state index contributed by atoms with van der Waals surface area (Å²) >= 11 is 0. The zero-order chi connectivity index (χ0) is 26.7. The van der Waals surface area contributed by atoms with Gasteiger partial charge in [-0.3, -0.25) is 0 Å². The number of nitrogens with one attached hydrogen (secondary N) is 1. The lowest BCUT2D eigenvalue weighted by Crippen LogP contribution is -2.25. The quantitative estimate of drug-likeness (QED) is 0.207. The molecule has 1 atom stereocenters. The van der Waals surface area contributed by atoms with Gasteiger partial charge in [-0.05, 0) is 62.7 Å². The van der Waals surface area contributed by atoms with Gasteiger partial charge < -0.3 is 19.7 Å². The molecule has 0 spiro atoms. The molecular formula is C29H41F3N2O2. The van der Waals surface area contributed by atoms with Gasteiger partial charge in [0, 0.05) is 55.4 Å². The van der Waals surface area contributed by atoms with Crippen LogP contribution in [0.5, 0.6) is 5.75 Å². The predicted octanol–water partition coefficient (Wildman–Crippen LogP) is 7.67. The molecule has 36 heavy (non-hydrogen) atoms. The lowest BCUT2D eigenvalue weighted by molar-refractivity contribution is -0.274. The smallest absolute Gasteiger partial charge is 0.406 e. The molecule has 1 heterocycles. The van der Waals surface area contributed by atoms with Crippen molar-refractivity contribution >= 4 is 5.70 Å². The largest absolute Gasteiger partial charge is 0.573 e. The van der Waals surface area contributed by atoms with Crippen LogP contribution in [-0.2, 0) is 4.74 Å². The summed E-state index contributed by atoms with van der Waals surface area (Å²) in [4.78, 5) is 2.06. The molecule has 7 heteroatoms. The van der Waals surface area contributed by atoms with E-state index in [1.807, 2.05) is 13.1 Å². The highest BCUT2D eigenvalue weighted by Gasteiger charge is 2.31. The Kier molecular flexibility index (Phi) is 11.6. The molecule has 1 saturated heterocycles. The molecule has 0 saturated carbocycles. The molecule has 0 bridgehead atoms. The van der Waals surface area contributed by atoms with E-state index in [0.717, 1.165) is 69.7 Å². The standard InChI is InChI=1S/C29H41F3N2O2/c1-7-21(3)18-25(8-2)23(5)33-22(4)19-28(34(6)15-12-24-13-16-35-17-14-24)26-10-9-11-27(20-26)36-29(30,31)32/h9-11,19-20,24-25,33H,3-5,7-8,12-18H2,1-2,6H3/b28-19-/t25-/m0/s1. The first-order chi connectivity index (χ1) is 17.0. The molecule has 1 fully saturated rings. The fraction of sp³-hybridized carbons (Fsp3) is 0.517. The van der Waals surface area contributed by atoms with Crippen molar-refractivity contribution in [2.75, 3.05) is 26.8 Å². The van der Waals surface area contributed by atoms with Crippen LogP contribution in [-0.4, -0.2) is 38.1 Å². The fourth-order valence-electron chi connectivity index (χ4n) is 4.31. The number of hydrogen-bond donors (Lipinski definition) is 1. The Bertz CT molecular complexity index is 917. The Labute approximate surface area is 214 Å². The first-order valence-corrected chi connectivity index (χ1v) is 12.7. The topological polar surface area (TPSA) is 33.7 Å². The van der Waals surface area contributed by atoms with E-state index in [4.69, 9.17) is 4.74 Å². The van der Waals surface area contributed by atoms with Crippen LogP contribution in [0.2, 0.25) is 0 Å². The van der Waals surface area contributed by atoms with Crippen molar-refractivity contribution in [1.82, 2.24) is 10.2 Å². The third-order valence-electron chi connectivity index (χ3n) is 6.64. The summed E-state index contributed by atoms with van der Waals surface area (Å²) in [6.07, 6.45) is 2.82. The lowest BCUT2D eigenvalue weighted by atomic mass is 9.93. The highest BCUT2D eigenvalue weighted by Crippen LogP contribution is 2.29. The zero-order valence-corrected chi connectivity index (χ0v) is 21.9. The predicted molar refractivity (Wildman–Crippen MR) is 141 cm³/mol. The van der Waals surface area contributed by atoms with Crippen molar-refractivity contribution in [3.05, 3.63) is 72.6 Å². The van der Waals surface area contributed by atoms with Gasteiger partial charge in [-0.25, -0.2) is 0 Å². The van der Waals surface area contributed by atoms with Gasteiger partial charge in [0.15, 0.2) is 0 Å². The monoisotopic (exact) mass is 506 g/mol. The maximum Gasteiger partial charge on any atom is 0.573 e. The SMILES string of the molecule is C=C(CC)C[C@H](CC)C(=C)NC(=C)/C=C(/c1cccc(OC(F)(F)F)c1)N(C)CCC1CCOCC1. The molecule has 1 N–H and O–H groups in total. The number of hydrogen-bond acceptors (Lipinski definition) is 4. The molecule has 1 aromatic rings. The van der Waals surface area contributed by atoms with Gasteiger partial charge in [0.05, 0.1) is 0 Å². The van der Waals surface area contributed by atoms with Gasteiger partial charge in [0.2, 0.25) is 0 Å². The van der Waals surface area contributed by atoms with Crippen LogP contribution in [0.4, 0.5) is 13.2 Å². The molecule has 200 valence electrons. The van der Waals surface area contributed by atoms with Crippen molar-refractivity contribution in [3.63, 3.8) is 0 Å². The lowest BCUT2D eigenvalue weighted by Gasteiger charge is -2.28. The number of ether oxygens (including phenoxy) is 2. The molecule has 1 aromatic carbocycles. The number of halogens is 3. The normalized spacial score (nSPS) is 15.8.